The van der Waals surface area contributed by atoms with Crippen LogP contribution in [0.5, 0.6) is 5.75 Å². The van der Waals surface area contributed by atoms with Crippen molar-refractivity contribution in [1.29, 1.82) is 0 Å². The second kappa shape index (κ2) is 11.2. The average Bonchev–Trinajstić information content (AvgIpc) is 2.60. The molecule has 4 heteroatoms. The highest BCUT2D eigenvalue weighted by Crippen LogP contribution is 2.42. The molecule has 1 aromatic rings. The third-order valence-electron chi connectivity index (χ3n) is 5.54. The van der Waals surface area contributed by atoms with Gasteiger partial charge < -0.3 is 14.7 Å². The smallest absolute Gasteiger partial charge is 0.119 e. The Bertz CT molecular complexity index is 497. The van der Waals surface area contributed by atoms with Crippen LogP contribution in [-0.2, 0) is 5.60 Å². The standard InChI is InChI=1S/C22H37NO2.ClH/c1-18(2)14-17-25-21-12-10-20(11-13-21)22(24,15-16-23(3)4)19-8-6-5-7-9-19;/h10-13,18-19,24H,5-9,14-17H2,1-4H3;1H. The normalized spacial score (nSPS) is 17.8. The molecule has 1 fully saturated rings. The van der Waals surface area contributed by atoms with Gasteiger partial charge in [0.05, 0.1) is 12.2 Å². The molecule has 1 aliphatic carbocycles. The Hall–Kier alpha value is -0.770. The third kappa shape index (κ3) is 6.75. The van der Waals surface area contributed by atoms with Gasteiger partial charge in [0.25, 0.3) is 0 Å². The number of rotatable bonds is 9. The summed E-state index contributed by atoms with van der Waals surface area (Å²) in [5.41, 5.74) is 0.332. The Morgan fingerprint density at radius 1 is 1.12 bits per heavy atom. The highest BCUT2D eigenvalue weighted by atomic mass is 35.5. The molecule has 0 bridgehead atoms. The van der Waals surface area contributed by atoms with Crippen molar-refractivity contribution in [2.45, 2.75) is 64.4 Å². The van der Waals surface area contributed by atoms with E-state index in [1.807, 2.05) is 12.1 Å². The van der Waals surface area contributed by atoms with Crippen molar-refractivity contribution in [2.75, 3.05) is 27.2 Å². The topological polar surface area (TPSA) is 32.7 Å². The molecule has 1 unspecified atom stereocenters. The summed E-state index contributed by atoms with van der Waals surface area (Å²) in [5, 5.41) is 11.6. The van der Waals surface area contributed by atoms with Crippen molar-refractivity contribution >= 4 is 12.4 Å². The monoisotopic (exact) mass is 383 g/mol. The van der Waals surface area contributed by atoms with Crippen molar-refractivity contribution < 1.29 is 9.84 Å². The minimum Gasteiger partial charge on any atom is -0.494 e. The number of aliphatic hydroxyl groups is 1. The quantitative estimate of drug-likeness (QED) is 0.631. The molecule has 0 aromatic heterocycles. The Balaban J connectivity index is 0.00000338. The van der Waals surface area contributed by atoms with Crippen molar-refractivity contribution in [3.05, 3.63) is 29.8 Å². The maximum absolute atomic E-state index is 11.6. The van der Waals surface area contributed by atoms with E-state index in [1.165, 1.54) is 19.3 Å². The summed E-state index contributed by atoms with van der Waals surface area (Å²) < 4.78 is 5.84. The molecule has 0 heterocycles. The van der Waals surface area contributed by atoms with Crippen LogP contribution in [0.3, 0.4) is 0 Å². The van der Waals surface area contributed by atoms with Gasteiger partial charge in [0.1, 0.15) is 5.75 Å². The summed E-state index contributed by atoms with van der Waals surface area (Å²) in [7, 11) is 4.15. The molecule has 1 saturated carbocycles. The van der Waals surface area contributed by atoms with Crippen LogP contribution in [0.4, 0.5) is 0 Å². The van der Waals surface area contributed by atoms with Gasteiger partial charge >= 0.3 is 0 Å². The first kappa shape index (κ1) is 23.3. The van der Waals surface area contributed by atoms with E-state index in [2.05, 4.69) is 45.0 Å². The van der Waals surface area contributed by atoms with E-state index >= 15 is 0 Å². The summed E-state index contributed by atoms with van der Waals surface area (Å²) in [6.07, 6.45) is 7.92. The van der Waals surface area contributed by atoms with Crippen LogP contribution >= 0.6 is 12.4 Å². The van der Waals surface area contributed by atoms with Gasteiger partial charge in [0, 0.05) is 6.54 Å². The summed E-state index contributed by atoms with van der Waals surface area (Å²) in [4.78, 5) is 2.16. The zero-order chi connectivity index (χ0) is 18.3. The van der Waals surface area contributed by atoms with Gasteiger partial charge in [0.15, 0.2) is 0 Å². The first-order chi connectivity index (χ1) is 11.9. The number of ether oxygens (including phenoxy) is 1. The van der Waals surface area contributed by atoms with Crippen LogP contribution in [0.15, 0.2) is 24.3 Å². The van der Waals surface area contributed by atoms with Crippen LogP contribution in [-0.4, -0.2) is 37.3 Å². The van der Waals surface area contributed by atoms with Gasteiger partial charge in [-0.2, -0.15) is 0 Å². The summed E-state index contributed by atoms with van der Waals surface area (Å²) >= 11 is 0. The molecule has 150 valence electrons. The maximum Gasteiger partial charge on any atom is 0.119 e. The molecule has 3 nitrogen and oxygen atoms in total. The Labute approximate surface area is 166 Å². The van der Waals surface area contributed by atoms with Crippen LogP contribution < -0.4 is 4.74 Å². The highest BCUT2D eigenvalue weighted by molar-refractivity contribution is 5.85. The first-order valence-corrected chi connectivity index (χ1v) is 10.0. The number of benzene rings is 1. The third-order valence-corrected chi connectivity index (χ3v) is 5.54. The molecule has 2 rings (SSSR count). The molecule has 0 spiro atoms. The Morgan fingerprint density at radius 3 is 2.27 bits per heavy atom. The highest BCUT2D eigenvalue weighted by Gasteiger charge is 2.38. The van der Waals surface area contributed by atoms with E-state index in [1.54, 1.807) is 0 Å². The van der Waals surface area contributed by atoms with Gasteiger partial charge in [-0.3, -0.25) is 0 Å². The second-order valence-electron chi connectivity index (χ2n) is 8.37. The van der Waals surface area contributed by atoms with E-state index in [0.717, 1.165) is 50.1 Å². The molecule has 0 saturated heterocycles. The van der Waals surface area contributed by atoms with E-state index in [4.69, 9.17) is 4.74 Å². The zero-order valence-corrected chi connectivity index (χ0v) is 17.9. The van der Waals surface area contributed by atoms with Crippen molar-refractivity contribution in [3.8, 4) is 5.75 Å². The minimum atomic E-state index is -0.721. The fourth-order valence-electron chi connectivity index (χ4n) is 3.81. The SMILES string of the molecule is CC(C)CCOc1ccc(C(O)(CCN(C)C)C2CCCCC2)cc1.Cl. The van der Waals surface area contributed by atoms with Gasteiger partial charge in [-0.05, 0) is 69.3 Å². The van der Waals surface area contributed by atoms with E-state index in [9.17, 15) is 5.11 Å². The zero-order valence-electron chi connectivity index (χ0n) is 17.0. The van der Waals surface area contributed by atoms with E-state index in [0.29, 0.717) is 11.8 Å². The molecule has 0 radical (unpaired) electrons. The van der Waals surface area contributed by atoms with Crippen molar-refractivity contribution in [3.63, 3.8) is 0 Å². The number of hydrogen-bond donors (Lipinski definition) is 1. The van der Waals surface area contributed by atoms with Crippen molar-refractivity contribution in [2.24, 2.45) is 11.8 Å². The maximum atomic E-state index is 11.6. The summed E-state index contributed by atoms with van der Waals surface area (Å²) in [5.74, 6) is 1.93. The number of nitrogens with zero attached hydrogens (tertiary/aromatic N) is 1. The number of hydrogen-bond acceptors (Lipinski definition) is 3. The largest absolute Gasteiger partial charge is 0.494 e. The van der Waals surface area contributed by atoms with E-state index in [-0.39, 0.29) is 12.4 Å². The lowest BCUT2D eigenvalue weighted by Gasteiger charge is -2.40. The molecule has 1 aromatic carbocycles. The van der Waals surface area contributed by atoms with Crippen LogP contribution in [0.1, 0.15) is 64.4 Å². The molecule has 1 aliphatic rings. The predicted octanol–water partition coefficient (Wildman–Crippen LogP) is 5.25. The fourth-order valence-corrected chi connectivity index (χ4v) is 3.81. The predicted molar refractivity (Wildman–Crippen MR) is 112 cm³/mol. The molecule has 26 heavy (non-hydrogen) atoms. The number of halogens is 1. The van der Waals surface area contributed by atoms with Gasteiger partial charge in [-0.15, -0.1) is 12.4 Å². The molecule has 1 atom stereocenters. The Morgan fingerprint density at radius 2 is 1.73 bits per heavy atom. The van der Waals surface area contributed by atoms with Crippen LogP contribution in [0.25, 0.3) is 0 Å². The molecule has 0 amide bonds. The van der Waals surface area contributed by atoms with Crippen LogP contribution in [0.2, 0.25) is 0 Å². The summed E-state index contributed by atoms with van der Waals surface area (Å²) in [6, 6.07) is 8.21. The Kier molecular flexibility index (Phi) is 9.99. The minimum absolute atomic E-state index is 0. The lowest BCUT2D eigenvalue weighted by molar-refractivity contribution is -0.0500. The van der Waals surface area contributed by atoms with E-state index < -0.39 is 5.60 Å². The molecule has 1 N–H and O–H groups in total. The van der Waals surface area contributed by atoms with Gasteiger partial charge in [-0.1, -0.05) is 45.2 Å². The molecule has 0 aliphatic heterocycles. The lowest BCUT2D eigenvalue weighted by atomic mass is 9.71. The van der Waals surface area contributed by atoms with Gasteiger partial charge in [0.2, 0.25) is 0 Å². The van der Waals surface area contributed by atoms with Crippen molar-refractivity contribution in [1.82, 2.24) is 4.90 Å². The molecular formula is C22H38ClNO2. The van der Waals surface area contributed by atoms with Gasteiger partial charge in [-0.25, -0.2) is 0 Å². The first-order valence-electron chi connectivity index (χ1n) is 10.0. The second-order valence-corrected chi connectivity index (χ2v) is 8.37. The fraction of sp³-hybridized carbons (Fsp3) is 0.727. The average molecular weight is 384 g/mol. The lowest BCUT2D eigenvalue weighted by Crippen LogP contribution is -2.39. The molecular weight excluding hydrogens is 346 g/mol. The summed E-state index contributed by atoms with van der Waals surface area (Å²) in [6.45, 7) is 6.08. The van der Waals surface area contributed by atoms with Crippen LogP contribution in [0, 0.1) is 11.8 Å².